The minimum atomic E-state index is -0.535. The Morgan fingerprint density at radius 3 is 2.41 bits per heavy atom. The minimum Gasteiger partial charge on any atom is -0.465 e. The summed E-state index contributed by atoms with van der Waals surface area (Å²) < 4.78 is 21.0. The summed E-state index contributed by atoms with van der Waals surface area (Å²) in [6.45, 7) is 2.18. The molecule has 27 heavy (non-hydrogen) atoms. The Bertz CT molecular complexity index is 772. The van der Waals surface area contributed by atoms with E-state index in [2.05, 4.69) is 5.32 Å². The van der Waals surface area contributed by atoms with Gasteiger partial charge in [-0.15, -0.1) is 0 Å². The minimum absolute atomic E-state index is 0.254. The van der Waals surface area contributed by atoms with Gasteiger partial charge in [-0.2, -0.15) is 0 Å². The van der Waals surface area contributed by atoms with Gasteiger partial charge in [-0.3, -0.25) is 0 Å². The van der Waals surface area contributed by atoms with Crippen LogP contribution in [0.4, 0.5) is 0 Å². The topological polar surface area (TPSA) is 87.0 Å². The maximum atomic E-state index is 11.9. The number of rotatable bonds is 7. The molecule has 3 rings (SSSR count). The second-order valence-corrected chi connectivity index (χ2v) is 6.31. The normalized spacial score (nSPS) is 16.3. The van der Waals surface area contributed by atoms with Gasteiger partial charge in [-0.1, -0.05) is 0 Å². The molecule has 144 valence electrons. The average molecular weight is 373 g/mol. The van der Waals surface area contributed by atoms with Gasteiger partial charge in [-0.05, 0) is 43.2 Å². The maximum Gasteiger partial charge on any atom is 0.337 e. The summed E-state index contributed by atoms with van der Waals surface area (Å²) in [5.74, 6) is 0.241. The number of nitrogens with one attached hydrogen (secondary N) is 1. The van der Waals surface area contributed by atoms with Crippen molar-refractivity contribution in [2.75, 3.05) is 27.4 Å². The monoisotopic (exact) mass is 373 g/mol. The van der Waals surface area contributed by atoms with Gasteiger partial charge < -0.3 is 23.9 Å². The van der Waals surface area contributed by atoms with Crippen LogP contribution in [0.3, 0.4) is 0 Å². The van der Waals surface area contributed by atoms with E-state index in [1.165, 1.54) is 20.3 Å². The number of hydrogen-bond donors (Lipinski definition) is 1. The fourth-order valence-corrected chi connectivity index (χ4v) is 3.03. The quantitative estimate of drug-likeness (QED) is 0.747. The highest BCUT2D eigenvalue weighted by Crippen LogP contribution is 2.26. The third-order valence-corrected chi connectivity index (χ3v) is 4.42. The molecular weight excluding hydrogens is 350 g/mol. The molecule has 0 aliphatic carbocycles. The first-order chi connectivity index (χ1) is 13.1. The van der Waals surface area contributed by atoms with Crippen LogP contribution in [0, 0.1) is 0 Å². The smallest absolute Gasteiger partial charge is 0.337 e. The van der Waals surface area contributed by atoms with Gasteiger partial charge in [0.25, 0.3) is 0 Å². The molecule has 1 aromatic carbocycles. The molecule has 1 aliphatic heterocycles. The van der Waals surface area contributed by atoms with Gasteiger partial charge in [0.15, 0.2) is 0 Å². The first-order valence-corrected chi connectivity index (χ1v) is 8.84. The van der Waals surface area contributed by atoms with Crippen molar-refractivity contribution in [2.45, 2.75) is 25.5 Å². The molecule has 0 saturated carbocycles. The number of esters is 2. The Labute approximate surface area is 157 Å². The lowest BCUT2D eigenvalue weighted by Gasteiger charge is -2.09. The predicted octanol–water partition coefficient (Wildman–Crippen LogP) is 2.79. The number of hydrogen-bond acceptors (Lipinski definition) is 7. The second kappa shape index (κ2) is 8.83. The van der Waals surface area contributed by atoms with E-state index >= 15 is 0 Å². The lowest BCUT2D eigenvalue weighted by molar-refractivity contribution is 0.0599. The van der Waals surface area contributed by atoms with Gasteiger partial charge in [0, 0.05) is 18.7 Å². The van der Waals surface area contributed by atoms with Gasteiger partial charge >= 0.3 is 11.9 Å². The van der Waals surface area contributed by atoms with Crippen molar-refractivity contribution < 1.29 is 28.2 Å². The molecule has 0 amide bonds. The van der Waals surface area contributed by atoms with E-state index in [1.54, 1.807) is 18.2 Å². The number of carbonyl (C=O) groups excluding carboxylic acids is 2. The van der Waals surface area contributed by atoms with Crippen LogP contribution in [0.1, 0.15) is 39.3 Å². The van der Waals surface area contributed by atoms with Crippen molar-refractivity contribution in [1.82, 2.24) is 5.32 Å². The van der Waals surface area contributed by atoms with Crippen LogP contribution in [0.2, 0.25) is 0 Å². The number of benzene rings is 1. The standard InChI is InChI=1S/C20H23NO6/c1-24-19(22)14-8-13(9-15(10-14)20(23)25-2)18-6-5-17(27-18)12-21-11-16-4-3-7-26-16/h5-6,8-10,16,21H,3-4,7,11-12H2,1-2H3. The molecule has 1 aliphatic rings. The SMILES string of the molecule is COC(=O)c1cc(C(=O)OC)cc(-c2ccc(CNCC3CCCO3)o2)c1. The molecule has 0 bridgehead atoms. The van der Waals surface area contributed by atoms with Gasteiger partial charge in [0.05, 0.1) is 38.0 Å². The summed E-state index contributed by atoms with van der Waals surface area (Å²) in [7, 11) is 2.58. The lowest BCUT2D eigenvalue weighted by Crippen LogP contribution is -2.25. The second-order valence-electron chi connectivity index (χ2n) is 6.31. The van der Waals surface area contributed by atoms with Crippen LogP contribution in [0.5, 0.6) is 0 Å². The van der Waals surface area contributed by atoms with E-state index < -0.39 is 11.9 Å². The third kappa shape index (κ3) is 4.75. The molecule has 2 heterocycles. The van der Waals surface area contributed by atoms with Crippen LogP contribution in [0.25, 0.3) is 11.3 Å². The van der Waals surface area contributed by atoms with Crippen molar-refractivity contribution in [3.8, 4) is 11.3 Å². The Hall–Kier alpha value is -2.64. The Kier molecular flexibility index (Phi) is 6.26. The molecule has 7 heteroatoms. The number of carbonyl (C=O) groups is 2. The summed E-state index contributed by atoms with van der Waals surface area (Å²) >= 11 is 0. The maximum absolute atomic E-state index is 11.9. The highest BCUT2D eigenvalue weighted by Gasteiger charge is 2.17. The summed E-state index contributed by atoms with van der Waals surface area (Å²) in [6, 6.07) is 8.36. The molecular formula is C20H23NO6. The van der Waals surface area contributed by atoms with Gasteiger partial charge in [0.2, 0.25) is 0 Å². The number of methoxy groups -OCH3 is 2. The molecule has 1 saturated heterocycles. The molecule has 1 N–H and O–H groups in total. The zero-order valence-electron chi connectivity index (χ0n) is 15.4. The van der Waals surface area contributed by atoms with Crippen LogP contribution in [-0.2, 0) is 20.8 Å². The van der Waals surface area contributed by atoms with E-state index in [4.69, 9.17) is 18.6 Å². The van der Waals surface area contributed by atoms with Crippen LogP contribution in [0.15, 0.2) is 34.7 Å². The van der Waals surface area contributed by atoms with Gasteiger partial charge in [-0.25, -0.2) is 9.59 Å². The molecule has 1 aromatic heterocycles. The van der Waals surface area contributed by atoms with Crippen molar-refractivity contribution >= 4 is 11.9 Å². The fourth-order valence-electron chi connectivity index (χ4n) is 3.03. The van der Waals surface area contributed by atoms with Crippen molar-refractivity contribution in [1.29, 1.82) is 0 Å². The van der Waals surface area contributed by atoms with E-state index in [9.17, 15) is 9.59 Å². The average Bonchev–Trinajstić information content (AvgIpc) is 3.38. The van der Waals surface area contributed by atoms with E-state index in [0.29, 0.717) is 17.9 Å². The fraction of sp³-hybridized carbons (Fsp3) is 0.400. The lowest BCUT2D eigenvalue weighted by atomic mass is 10.0. The Morgan fingerprint density at radius 2 is 1.81 bits per heavy atom. The highest BCUT2D eigenvalue weighted by atomic mass is 16.5. The first-order valence-electron chi connectivity index (χ1n) is 8.84. The zero-order valence-corrected chi connectivity index (χ0v) is 15.4. The molecule has 1 atom stereocenters. The first kappa shape index (κ1) is 19.1. The highest BCUT2D eigenvalue weighted by molar-refractivity contribution is 5.97. The number of ether oxygens (including phenoxy) is 3. The summed E-state index contributed by atoms with van der Waals surface area (Å²) in [5.41, 5.74) is 1.11. The largest absolute Gasteiger partial charge is 0.465 e. The van der Waals surface area contributed by atoms with Crippen molar-refractivity contribution in [3.63, 3.8) is 0 Å². The van der Waals surface area contributed by atoms with Crippen molar-refractivity contribution in [3.05, 3.63) is 47.2 Å². The van der Waals surface area contributed by atoms with Crippen LogP contribution < -0.4 is 5.32 Å². The van der Waals surface area contributed by atoms with Crippen LogP contribution >= 0.6 is 0 Å². The predicted molar refractivity (Wildman–Crippen MR) is 97.5 cm³/mol. The van der Waals surface area contributed by atoms with Gasteiger partial charge in [0.1, 0.15) is 11.5 Å². The Balaban J connectivity index is 1.75. The molecule has 0 spiro atoms. The van der Waals surface area contributed by atoms with E-state index in [-0.39, 0.29) is 17.2 Å². The molecule has 2 aromatic rings. The Morgan fingerprint density at radius 1 is 1.11 bits per heavy atom. The van der Waals surface area contributed by atoms with Crippen molar-refractivity contribution in [2.24, 2.45) is 0 Å². The third-order valence-electron chi connectivity index (χ3n) is 4.42. The molecule has 0 radical (unpaired) electrons. The van der Waals surface area contributed by atoms with E-state index in [1.807, 2.05) is 6.07 Å². The molecule has 1 unspecified atom stereocenters. The van der Waals surface area contributed by atoms with Crippen LogP contribution in [-0.4, -0.2) is 45.4 Å². The van der Waals surface area contributed by atoms with E-state index in [0.717, 1.165) is 31.8 Å². The summed E-state index contributed by atoms with van der Waals surface area (Å²) in [6.07, 6.45) is 2.45. The molecule has 1 fully saturated rings. The number of furan rings is 1. The zero-order chi connectivity index (χ0) is 19.2. The summed E-state index contributed by atoms with van der Waals surface area (Å²) in [4.78, 5) is 23.8. The molecule has 7 nitrogen and oxygen atoms in total. The summed E-state index contributed by atoms with van der Waals surface area (Å²) in [5, 5.41) is 3.32.